The van der Waals surface area contributed by atoms with Crippen LogP contribution in [0.25, 0.3) is 0 Å². The fraction of sp³-hybridized carbons (Fsp3) is 0.950. The summed E-state index contributed by atoms with van der Waals surface area (Å²) >= 11 is 0. The zero-order valence-electron chi connectivity index (χ0n) is 15.7. The van der Waals surface area contributed by atoms with Crippen molar-refractivity contribution >= 4 is 5.78 Å². The third-order valence-corrected chi connectivity index (χ3v) is 4.36. The van der Waals surface area contributed by atoms with E-state index in [1.165, 1.54) is 57.8 Å². The largest absolute Gasteiger partial charge is 0.393 e. The number of carbonyl (C=O) groups is 1. The molecule has 0 heterocycles. The second-order valence-electron chi connectivity index (χ2n) is 6.96. The van der Waals surface area contributed by atoms with Crippen molar-refractivity contribution < 1.29 is 9.90 Å². The average Bonchev–Trinajstić information content (AvgIpc) is 2.52. The van der Waals surface area contributed by atoms with Crippen LogP contribution in [-0.4, -0.2) is 30.1 Å². The molecule has 0 spiro atoms. The first-order valence-corrected chi connectivity index (χ1v) is 10.1. The molecule has 0 bridgehead atoms. The van der Waals surface area contributed by atoms with Gasteiger partial charge in [0.15, 0.2) is 0 Å². The zero-order valence-corrected chi connectivity index (χ0v) is 15.7. The highest BCUT2D eigenvalue weighted by molar-refractivity contribution is 5.78. The second-order valence-corrected chi connectivity index (χ2v) is 6.96. The van der Waals surface area contributed by atoms with Crippen LogP contribution >= 0.6 is 0 Å². The smallest absolute Gasteiger partial charge is 0.132 e. The molecule has 0 aromatic rings. The van der Waals surface area contributed by atoms with Crippen molar-refractivity contribution in [3.05, 3.63) is 0 Å². The van der Waals surface area contributed by atoms with E-state index in [-0.39, 0.29) is 6.10 Å². The number of unbranched alkanes of at least 4 members (excludes halogenated alkanes) is 9. The lowest BCUT2D eigenvalue weighted by Crippen LogP contribution is -2.20. The van der Waals surface area contributed by atoms with E-state index in [0.29, 0.717) is 5.78 Å². The van der Waals surface area contributed by atoms with Gasteiger partial charge in [0.05, 0.1) is 6.10 Å². The quantitative estimate of drug-likeness (QED) is 0.348. The summed E-state index contributed by atoms with van der Waals surface area (Å²) in [5.74, 6) is 0.476. The maximum atomic E-state index is 11.7. The van der Waals surface area contributed by atoms with Gasteiger partial charge in [0, 0.05) is 12.8 Å². The Morgan fingerprint density at radius 2 is 1.35 bits per heavy atom. The van der Waals surface area contributed by atoms with Gasteiger partial charge in [-0.15, -0.1) is 0 Å². The Morgan fingerprint density at radius 3 is 1.91 bits per heavy atom. The number of hydrogen-bond donors (Lipinski definition) is 2. The van der Waals surface area contributed by atoms with Crippen LogP contribution in [0.2, 0.25) is 0 Å². The Labute approximate surface area is 144 Å². The van der Waals surface area contributed by atoms with E-state index in [1.54, 1.807) is 0 Å². The van der Waals surface area contributed by atoms with Gasteiger partial charge in [-0.1, -0.05) is 58.3 Å². The van der Waals surface area contributed by atoms with E-state index in [9.17, 15) is 4.79 Å². The Kier molecular flexibility index (Phi) is 17.6. The van der Waals surface area contributed by atoms with E-state index in [0.717, 1.165) is 45.2 Å². The molecule has 0 aliphatic heterocycles. The molecule has 0 rings (SSSR count). The Balaban J connectivity index is 3.11. The molecule has 3 nitrogen and oxygen atoms in total. The Morgan fingerprint density at radius 1 is 0.826 bits per heavy atom. The van der Waals surface area contributed by atoms with Crippen LogP contribution < -0.4 is 5.32 Å². The molecular formula is C20H41NO2. The lowest BCUT2D eigenvalue weighted by Gasteiger charge is -2.06. The minimum atomic E-state index is -0.189. The number of ketones is 1. The monoisotopic (exact) mass is 327 g/mol. The lowest BCUT2D eigenvalue weighted by atomic mass is 10.0. The average molecular weight is 328 g/mol. The number of Topliss-reactive ketones (excluding diaryl/α,β-unsaturated/α-hetero) is 1. The third-order valence-electron chi connectivity index (χ3n) is 4.36. The first-order chi connectivity index (χ1) is 11.2. The summed E-state index contributed by atoms with van der Waals surface area (Å²) in [6.45, 7) is 6.03. The second kappa shape index (κ2) is 17.9. The maximum Gasteiger partial charge on any atom is 0.132 e. The number of nitrogens with one attached hydrogen (secondary N) is 1. The van der Waals surface area contributed by atoms with E-state index >= 15 is 0 Å². The van der Waals surface area contributed by atoms with E-state index in [4.69, 9.17) is 5.11 Å². The molecule has 0 aliphatic rings. The topological polar surface area (TPSA) is 49.3 Å². The van der Waals surface area contributed by atoms with Crippen molar-refractivity contribution in [1.29, 1.82) is 0 Å². The van der Waals surface area contributed by atoms with E-state index in [2.05, 4.69) is 12.2 Å². The molecule has 0 aliphatic carbocycles. The molecule has 0 radical (unpaired) electrons. The number of aliphatic hydroxyl groups excluding tert-OH is 1. The molecule has 0 saturated carbocycles. The molecule has 138 valence electrons. The summed E-state index contributed by atoms with van der Waals surface area (Å²) < 4.78 is 0. The first-order valence-electron chi connectivity index (χ1n) is 10.1. The molecule has 1 atom stereocenters. The van der Waals surface area contributed by atoms with Crippen molar-refractivity contribution in [2.75, 3.05) is 13.1 Å². The maximum absolute atomic E-state index is 11.7. The minimum Gasteiger partial charge on any atom is -0.393 e. The van der Waals surface area contributed by atoms with Crippen LogP contribution in [0.5, 0.6) is 0 Å². The molecule has 0 amide bonds. The molecule has 3 heteroatoms. The highest BCUT2D eigenvalue weighted by atomic mass is 16.3. The molecule has 2 N–H and O–H groups in total. The predicted molar refractivity (Wildman–Crippen MR) is 99.9 cm³/mol. The third kappa shape index (κ3) is 19.5. The van der Waals surface area contributed by atoms with Gasteiger partial charge in [-0.3, -0.25) is 4.79 Å². The van der Waals surface area contributed by atoms with Gasteiger partial charge in [-0.25, -0.2) is 0 Å². The van der Waals surface area contributed by atoms with Crippen molar-refractivity contribution in [3.63, 3.8) is 0 Å². The number of carbonyl (C=O) groups excluding carboxylic acids is 1. The van der Waals surface area contributed by atoms with Gasteiger partial charge < -0.3 is 10.4 Å². The summed E-state index contributed by atoms with van der Waals surface area (Å²) in [5.41, 5.74) is 0. The van der Waals surface area contributed by atoms with Gasteiger partial charge >= 0.3 is 0 Å². The Hall–Kier alpha value is -0.410. The summed E-state index contributed by atoms with van der Waals surface area (Å²) in [6, 6.07) is 0. The van der Waals surface area contributed by atoms with Crippen LogP contribution in [0, 0.1) is 0 Å². The summed E-state index contributed by atoms with van der Waals surface area (Å²) in [5, 5.41) is 12.5. The Bertz CT molecular complexity index is 254. The molecular weight excluding hydrogens is 286 g/mol. The van der Waals surface area contributed by atoms with Crippen LogP contribution in [0.15, 0.2) is 0 Å². The van der Waals surface area contributed by atoms with Crippen LogP contribution in [0.4, 0.5) is 0 Å². The SMILES string of the molecule is CCCCCCC(=O)CCCCCCCCCNCCC(C)O. The number of hydrogen-bond acceptors (Lipinski definition) is 3. The van der Waals surface area contributed by atoms with E-state index in [1.807, 2.05) is 6.92 Å². The number of aliphatic hydroxyl groups is 1. The van der Waals surface area contributed by atoms with Crippen molar-refractivity contribution in [3.8, 4) is 0 Å². The van der Waals surface area contributed by atoms with Crippen molar-refractivity contribution in [1.82, 2.24) is 5.32 Å². The van der Waals surface area contributed by atoms with Gasteiger partial charge in [0.1, 0.15) is 5.78 Å². The first kappa shape index (κ1) is 22.6. The van der Waals surface area contributed by atoms with Gasteiger partial charge in [0.2, 0.25) is 0 Å². The molecule has 1 unspecified atom stereocenters. The molecule has 0 fully saturated rings. The summed E-state index contributed by atoms with van der Waals surface area (Å²) in [4.78, 5) is 11.7. The summed E-state index contributed by atoms with van der Waals surface area (Å²) in [6.07, 6.45) is 15.8. The molecule has 0 saturated heterocycles. The lowest BCUT2D eigenvalue weighted by molar-refractivity contribution is -0.119. The number of rotatable bonds is 18. The molecule has 0 aromatic carbocycles. The normalized spacial score (nSPS) is 12.5. The fourth-order valence-electron chi connectivity index (χ4n) is 2.77. The van der Waals surface area contributed by atoms with Crippen LogP contribution in [0.1, 0.15) is 104 Å². The van der Waals surface area contributed by atoms with Crippen molar-refractivity contribution in [2.45, 2.75) is 110 Å². The van der Waals surface area contributed by atoms with E-state index < -0.39 is 0 Å². The van der Waals surface area contributed by atoms with Crippen LogP contribution in [0.3, 0.4) is 0 Å². The van der Waals surface area contributed by atoms with Crippen molar-refractivity contribution in [2.24, 2.45) is 0 Å². The molecule has 23 heavy (non-hydrogen) atoms. The summed E-state index contributed by atoms with van der Waals surface area (Å²) in [7, 11) is 0. The molecule has 0 aromatic heterocycles. The zero-order chi connectivity index (χ0) is 17.2. The van der Waals surface area contributed by atoms with Gasteiger partial charge in [-0.05, 0) is 45.7 Å². The highest BCUT2D eigenvalue weighted by Gasteiger charge is 2.01. The standard InChI is InChI=1S/C20H41NO2/c1-3-4-5-11-14-20(23)15-12-9-7-6-8-10-13-17-21-18-16-19(2)22/h19,21-22H,3-18H2,1-2H3. The minimum absolute atomic E-state index is 0.189. The van der Waals surface area contributed by atoms with Crippen LogP contribution in [-0.2, 0) is 4.79 Å². The van der Waals surface area contributed by atoms with Gasteiger partial charge in [-0.2, -0.15) is 0 Å². The predicted octanol–water partition coefficient (Wildman–Crippen LogP) is 5.01. The van der Waals surface area contributed by atoms with Gasteiger partial charge in [0.25, 0.3) is 0 Å². The fourth-order valence-corrected chi connectivity index (χ4v) is 2.77. The highest BCUT2D eigenvalue weighted by Crippen LogP contribution is 2.11.